The number of para-hydroxylation sites is 2. The number of benzene rings is 2. The van der Waals surface area contributed by atoms with Gasteiger partial charge in [0.1, 0.15) is 11.5 Å². The summed E-state index contributed by atoms with van der Waals surface area (Å²) in [5, 5.41) is 0. The van der Waals surface area contributed by atoms with Crippen LogP contribution < -0.4 is 9.47 Å². The van der Waals surface area contributed by atoms with Gasteiger partial charge in [-0.3, -0.25) is 0 Å². The average Bonchev–Trinajstić information content (AvgIpc) is 2.87. The van der Waals surface area contributed by atoms with Crippen LogP contribution in [0.4, 0.5) is 0 Å². The van der Waals surface area contributed by atoms with E-state index >= 15 is 0 Å². The Labute approximate surface area is 124 Å². The summed E-state index contributed by atoms with van der Waals surface area (Å²) in [7, 11) is 0. The van der Waals surface area contributed by atoms with E-state index in [1.165, 1.54) is 16.7 Å². The first-order valence-corrected chi connectivity index (χ1v) is 7.61. The molecular weight excluding hydrogens is 260 g/mol. The van der Waals surface area contributed by atoms with Crippen molar-refractivity contribution in [3.05, 3.63) is 65.2 Å². The third-order valence-electron chi connectivity index (χ3n) is 4.96. The lowest BCUT2D eigenvalue weighted by molar-refractivity contribution is -0.122. The van der Waals surface area contributed by atoms with E-state index in [1.54, 1.807) is 0 Å². The highest BCUT2D eigenvalue weighted by atomic mass is 16.7. The van der Waals surface area contributed by atoms with Crippen LogP contribution >= 0.6 is 0 Å². The van der Waals surface area contributed by atoms with Crippen molar-refractivity contribution in [3.8, 4) is 11.5 Å². The molecule has 0 bridgehead atoms. The van der Waals surface area contributed by atoms with Gasteiger partial charge in [-0.05, 0) is 43.0 Å². The molecule has 2 nitrogen and oxygen atoms in total. The maximum atomic E-state index is 6.41. The number of hydrogen-bond donors (Lipinski definition) is 0. The van der Waals surface area contributed by atoms with Gasteiger partial charge in [-0.15, -0.1) is 0 Å². The lowest BCUT2D eigenvalue weighted by atomic mass is 9.87. The predicted molar refractivity (Wildman–Crippen MR) is 81.3 cm³/mol. The quantitative estimate of drug-likeness (QED) is 0.718. The van der Waals surface area contributed by atoms with Crippen molar-refractivity contribution in [2.45, 2.75) is 25.0 Å². The van der Waals surface area contributed by atoms with E-state index in [0.29, 0.717) is 5.92 Å². The molecule has 5 rings (SSSR count). The highest BCUT2D eigenvalue weighted by Gasteiger charge is 2.55. The van der Waals surface area contributed by atoms with Crippen LogP contribution in [0, 0.1) is 5.92 Å². The molecule has 3 aliphatic rings. The van der Waals surface area contributed by atoms with Crippen LogP contribution in [0.1, 0.15) is 24.0 Å². The molecule has 1 saturated carbocycles. The fourth-order valence-corrected chi connectivity index (χ4v) is 3.93. The topological polar surface area (TPSA) is 18.5 Å². The number of fused-ring (bicyclic) bond motifs is 2. The average molecular weight is 276 g/mol. The van der Waals surface area contributed by atoms with Gasteiger partial charge in [0.05, 0.1) is 0 Å². The van der Waals surface area contributed by atoms with Crippen LogP contribution in [-0.2, 0) is 6.42 Å². The van der Waals surface area contributed by atoms with E-state index in [2.05, 4.69) is 36.4 Å². The van der Waals surface area contributed by atoms with E-state index in [1.807, 2.05) is 18.2 Å². The zero-order valence-corrected chi connectivity index (χ0v) is 11.7. The zero-order valence-electron chi connectivity index (χ0n) is 11.7. The standard InChI is InChI=1S/C19H16O2/c1-3-7-17-13(5-1)11-15-9-10-16-12-14-6-2-4-8-18(14)21-19(15,16)20-17/h1-8,11,16H,9-10,12H2/t16?,19-/m0/s1. The first-order valence-electron chi connectivity index (χ1n) is 7.61. The molecule has 2 atom stereocenters. The highest BCUT2D eigenvalue weighted by molar-refractivity contribution is 5.65. The van der Waals surface area contributed by atoms with Crippen LogP contribution in [0.5, 0.6) is 11.5 Å². The van der Waals surface area contributed by atoms with E-state index < -0.39 is 5.79 Å². The monoisotopic (exact) mass is 276 g/mol. The van der Waals surface area contributed by atoms with E-state index in [-0.39, 0.29) is 0 Å². The molecule has 0 amide bonds. The first-order chi connectivity index (χ1) is 10.4. The maximum absolute atomic E-state index is 6.41. The Balaban J connectivity index is 1.67. The van der Waals surface area contributed by atoms with Gasteiger partial charge in [0.25, 0.3) is 5.79 Å². The molecule has 1 fully saturated rings. The minimum atomic E-state index is -0.567. The van der Waals surface area contributed by atoms with E-state index in [0.717, 1.165) is 30.8 Å². The second-order valence-electron chi connectivity index (χ2n) is 6.13. The van der Waals surface area contributed by atoms with Crippen LogP contribution in [0.3, 0.4) is 0 Å². The fourth-order valence-electron chi connectivity index (χ4n) is 3.93. The molecule has 2 aromatic rings. The van der Waals surface area contributed by atoms with Crippen molar-refractivity contribution in [2.75, 3.05) is 0 Å². The van der Waals surface area contributed by atoms with Crippen molar-refractivity contribution < 1.29 is 9.47 Å². The zero-order chi connectivity index (χ0) is 13.9. The summed E-state index contributed by atoms with van der Waals surface area (Å²) < 4.78 is 12.8. The Morgan fingerprint density at radius 2 is 1.67 bits per heavy atom. The molecule has 1 unspecified atom stereocenters. The normalized spacial score (nSPS) is 28.2. The second kappa shape index (κ2) is 3.91. The Morgan fingerprint density at radius 1 is 0.905 bits per heavy atom. The number of hydrogen-bond acceptors (Lipinski definition) is 2. The SMILES string of the molecule is C1=C2CCC3Cc4ccccc4O[C@@]23Oc2ccccc21. The lowest BCUT2D eigenvalue weighted by Gasteiger charge is -2.43. The van der Waals surface area contributed by atoms with Crippen molar-refractivity contribution in [1.29, 1.82) is 0 Å². The van der Waals surface area contributed by atoms with Crippen LogP contribution in [0.25, 0.3) is 6.08 Å². The summed E-state index contributed by atoms with van der Waals surface area (Å²) in [6.07, 6.45) is 5.50. The van der Waals surface area contributed by atoms with Crippen LogP contribution in [-0.4, -0.2) is 5.79 Å². The fraction of sp³-hybridized carbons (Fsp3) is 0.263. The number of ether oxygens (including phenoxy) is 2. The third kappa shape index (κ3) is 1.48. The molecule has 0 radical (unpaired) electrons. The van der Waals surface area contributed by atoms with Gasteiger partial charge in [0.2, 0.25) is 0 Å². The van der Waals surface area contributed by atoms with Gasteiger partial charge in [-0.1, -0.05) is 36.4 Å². The van der Waals surface area contributed by atoms with Gasteiger partial charge in [0, 0.05) is 17.1 Å². The van der Waals surface area contributed by atoms with Gasteiger partial charge in [-0.2, -0.15) is 0 Å². The Morgan fingerprint density at radius 3 is 2.62 bits per heavy atom. The number of rotatable bonds is 0. The molecule has 0 aromatic heterocycles. The summed E-state index contributed by atoms with van der Waals surface area (Å²) in [4.78, 5) is 0. The van der Waals surface area contributed by atoms with Crippen molar-refractivity contribution in [3.63, 3.8) is 0 Å². The van der Waals surface area contributed by atoms with Gasteiger partial charge >= 0.3 is 0 Å². The van der Waals surface area contributed by atoms with Crippen LogP contribution in [0.15, 0.2) is 54.1 Å². The van der Waals surface area contributed by atoms with Gasteiger partial charge < -0.3 is 9.47 Å². The minimum Gasteiger partial charge on any atom is -0.448 e. The highest BCUT2D eigenvalue weighted by Crippen LogP contribution is 2.53. The summed E-state index contributed by atoms with van der Waals surface area (Å²) in [5.74, 6) is 1.75. The predicted octanol–water partition coefficient (Wildman–Crippen LogP) is 4.20. The summed E-state index contributed by atoms with van der Waals surface area (Å²) >= 11 is 0. The molecule has 1 spiro atoms. The Bertz CT molecular complexity index is 762. The molecule has 2 heterocycles. The maximum Gasteiger partial charge on any atom is 0.277 e. The minimum absolute atomic E-state index is 0.409. The van der Waals surface area contributed by atoms with Crippen molar-refractivity contribution in [2.24, 2.45) is 5.92 Å². The molecule has 104 valence electrons. The second-order valence-corrected chi connectivity index (χ2v) is 6.13. The molecule has 2 aliphatic heterocycles. The van der Waals surface area contributed by atoms with E-state index in [9.17, 15) is 0 Å². The molecule has 0 saturated heterocycles. The molecule has 0 N–H and O–H groups in total. The first kappa shape index (κ1) is 11.4. The molecule has 1 aliphatic carbocycles. The summed E-state index contributed by atoms with van der Waals surface area (Å²) in [6, 6.07) is 16.6. The smallest absolute Gasteiger partial charge is 0.277 e. The van der Waals surface area contributed by atoms with Gasteiger partial charge in [-0.25, -0.2) is 0 Å². The molecule has 21 heavy (non-hydrogen) atoms. The molecule has 2 heteroatoms. The van der Waals surface area contributed by atoms with Crippen molar-refractivity contribution >= 4 is 6.08 Å². The van der Waals surface area contributed by atoms with Crippen LogP contribution in [0.2, 0.25) is 0 Å². The molecular formula is C19H16O2. The molecule has 2 aromatic carbocycles. The van der Waals surface area contributed by atoms with Crippen molar-refractivity contribution in [1.82, 2.24) is 0 Å². The van der Waals surface area contributed by atoms with E-state index in [4.69, 9.17) is 9.47 Å². The lowest BCUT2D eigenvalue weighted by Crippen LogP contribution is -2.51. The summed E-state index contributed by atoms with van der Waals surface area (Å²) in [5.41, 5.74) is 3.76. The van der Waals surface area contributed by atoms with Gasteiger partial charge in [0.15, 0.2) is 0 Å². The Kier molecular flexibility index (Phi) is 2.13. The largest absolute Gasteiger partial charge is 0.448 e. The Hall–Kier alpha value is -2.22. The summed E-state index contributed by atoms with van der Waals surface area (Å²) in [6.45, 7) is 0. The third-order valence-corrected chi connectivity index (χ3v) is 4.96.